The molecule has 0 bridgehead atoms. The van der Waals surface area contributed by atoms with Crippen LogP contribution in [0.2, 0.25) is 0 Å². The molecule has 8 nitrogen and oxygen atoms in total. The van der Waals surface area contributed by atoms with Crippen molar-refractivity contribution in [3.05, 3.63) is 34.9 Å². The number of amides is 3. The maximum Gasteiger partial charge on any atom is 0.255 e. The molecule has 1 atom stereocenters. The molecular weight excluding hydrogens is 336 g/mol. The molecule has 4 rings (SSSR count). The Balaban J connectivity index is 1.47. The summed E-state index contributed by atoms with van der Waals surface area (Å²) in [5.74, 6) is -0.850. The Bertz CT molecular complexity index is 769. The molecule has 1 aromatic carbocycles. The van der Waals surface area contributed by atoms with Crippen LogP contribution in [0.4, 0.5) is 0 Å². The molecule has 0 saturated carbocycles. The number of aliphatic hydroxyl groups excluding tert-OH is 1. The lowest BCUT2D eigenvalue weighted by molar-refractivity contribution is -0.136. The van der Waals surface area contributed by atoms with E-state index in [9.17, 15) is 19.5 Å². The number of carbonyl (C=O) groups is 3. The molecule has 3 aliphatic rings. The van der Waals surface area contributed by atoms with E-state index in [0.29, 0.717) is 25.1 Å². The molecule has 0 aromatic heterocycles. The van der Waals surface area contributed by atoms with Gasteiger partial charge in [-0.3, -0.25) is 19.7 Å². The van der Waals surface area contributed by atoms with Gasteiger partial charge in [-0.25, -0.2) is 0 Å². The highest BCUT2D eigenvalue weighted by molar-refractivity contribution is 6.05. The standard InChI is InChI=1S/C18H22N4O4/c23-10-18(8-19-9-18)20-6-11-1-2-12-7-22(17(26)13(12)5-11)14-3-4-15(24)21-16(14)25/h1-2,5,14,19-20,23H,3-4,6-10H2,(H,21,24,25). The summed E-state index contributed by atoms with van der Waals surface area (Å²) in [6, 6.07) is 5.14. The van der Waals surface area contributed by atoms with Gasteiger partial charge in [0.1, 0.15) is 6.04 Å². The second-order valence-corrected chi connectivity index (χ2v) is 7.29. The minimum absolute atomic E-state index is 0.0627. The lowest BCUT2D eigenvalue weighted by Crippen LogP contribution is -2.69. The normalized spacial score (nSPS) is 24.3. The van der Waals surface area contributed by atoms with Crippen LogP contribution in [-0.4, -0.2) is 59.0 Å². The number of rotatable bonds is 5. The second kappa shape index (κ2) is 6.46. The summed E-state index contributed by atoms with van der Waals surface area (Å²) in [5.41, 5.74) is 2.17. The summed E-state index contributed by atoms with van der Waals surface area (Å²) in [6.07, 6.45) is 0.619. The van der Waals surface area contributed by atoms with E-state index >= 15 is 0 Å². The Morgan fingerprint density at radius 3 is 2.73 bits per heavy atom. The average molecular weight is 358 g/mol. The Morgan fingerprint density at radius 1 is 1.27 bits per heavy atom. The third kappa shape index (κ3) is 2.90. The van der Waals surface area contributed by atoms with Crippen LogP contribution in [0, 0.1) is 0 Å². The van der Waals surface area contributed by atoms with Crippen LogP contribution in [0.15, 0.2) is 18.2 Å². The smallest absolute Gasteiger partial charge is 0.255 e. The summed E-state index contributed by atoms with van der Waals surface area (Å²) in [7, 11) is 0. The highest BCUT2D eigenvalue weighted by Gasteiger charge is 2.39. The average Bonchev–Trinajstić information content (AvgIpc) is 2.91. The van der Waals surface area contributed by atoms with Crippen LogP contribution in [0.1, 0.15) is 34.3 Å². The number of imide groups is 1. The van der Waals surface area contributed by atoms with Crippen LogP contribution in [0.3, 0.4) is 0 Å². The molecule has 8 heteroatoms. The monoisotopic (exact) mass is 358 g/mol. The molecule has 4 N–H and O–H groups in total. The molecule has 0 radical (unpaired) electrons. The Morgan fingerprint density at radius 2 is 2.08 bits per heavy atom. The molecule has 138 valence electrons. The fourth-order valence-corrected chi connectivity index (χ4v) is 3.72. The number of benzene rings is 1. The predicted octanol–water partition coefficient (Wildman–Crippen LogP) is -1.13. The molecule has 2 saturated heterocycles. The topological polar surface area (TPSA) is 111 Å². The van der Waals surface area contributed by atoms with Crippen LogP contribution in [0.25, 0.3) is 0 Å². The molecule has 2 fully saturated rings. The Hall–Kier alpha value is -2.29. The van der Waals surface area contributed by atoms with Gasteiger partial charge in [0.2, 0.25) is 11.8 Å². The minimum Gasteiger partial charge on any atom is -0.394 e. The van der Waals surface area contributed by atoms with Crippen LogP contribution in [0.5, 0.6) is 0 Å². The van der Waals surface area contributed by atoms with E-state index in [2.05, 4.69) is 16.0 Å². The van der Waals surface area contributed by atoms with Crippen molar-refractivity contribution >= 4 is 17.7 Å². The third-order valence-electron chi connectivity index (χ3n) is 5.49. The number of piperidine rings is 1. The highest BCUT2D eigenvalue weighted by atomic mass is 16.3. The summed E-state index contributed by atoms with van der Waals surface area (Å²) < 4.78 is 0. The molecule has 26 heavy (non-hydrogen) atoms. The van der Waals surface area contributed by atoms with Gasteiger partial charge in [0.25, 0.3) is 5.91 Å². The van der Waals surface area contributed by atoms with Crippen molar-refractivity contribution in [2.75, 3.05) is 19.7 Å². The van der Waals surface area contributed by atoms with E-state index in [1.165, 1.54) is 0 Å². The highest BCUT2D eigenvalue weighted by Crippen LogP contribution is 2.28. The van der Waals surface area contributed by atoms with Crippen LogP contribution >= 0.6 is 0 Å². The minimum atomic E-state index is -0.590. The number of aliphatic hydroxyl groups is 1. The molecule has 1 aromatic rings. The van der Waals surface area contributed by atoms with Gasteiger partial charge >= 0.3 is 0 Å². The van der Waals surface area contributed by atoms with Crippen molar-refractivity contribution in [3.8, 4) is 0 Å². The van der Waals surface area contributed by atoms with Crippen molar-refractivity contribution in [1.29, 1.82) is 0 Å². The summed E-state index contributed by atoms with van der Waals surface area (Å²) >= 11 is 0. The van der Waals surface area contributed by atoms with Gasteiger partial charge in [0.05, 0.1) is 12.1 Å². The first-order chi connectivity index (χ1) is 12.5. The van der Waals surface area contributed by atoms with Crippen molar-refractivity contribution in [1.82, 2.24) is 20.9 Å². The number of fused-ring (bicyclic) bond motifs is 1. The van der Waals surface area contributed by atoms with Gasteiger partial charge in [-0.15, -0.1) is 0 Å². The van der Waals surface area contributed by atoms with Gasteiger partial charge in [-0.2, -0.15) is 0 Å². The molecular formula is C18H22N4O4. The molecule has 0 aliphatic carbocycles. The maximum atomic E-state index is 12.8. The number of nitrogens with zero attached hydrogens (tertiary/aromatic N) is 1. The number of carbonyl (C=O) groups excluding carboxylic acids is 3. The number of hydrogen-bond donors (Lipinski definition) is 4. The lowest BCUT2D eigenvalue weighted by Gasteiger charge is -2.42. The summed E-state index contributed by atoms with van der Waals surface area (Å²) in [6.45, 7) is 2.44. The van der Waals surface area contributed by atoms with Crippen molar-refractivity contribution < 1.29 is 19.5 Å². The van der Waals surface area contributed by atoms with E-state index in [4.69, 9.17) is 0 Å². The van der Waals surface area contributed by atoms with Gasteiger partial charge in [0, 0.05) is 38.2 Å². The predicted molar refractivity (Wildman–Crippen MR) is 92.0 cm³/mol. The lowest BCUT2D eigenvalue weighted by atomic mass is 9.93. The van der Waals surface area contributed by atoms with Crippen molar-refractivity contribution in [2.24, 2.45) is 0 Å². The second-order valence-electron chi connectivity index (χ2n) is 7.29. The van der Waals surface area contributed by atoms with Gasteiger partial charge < -0.3 is 20.6 Å². The first-order valence-corrected chi connectivity index (χ1v) is 8.84. The molecule has 3 heterocycles. The Labute approximate surface area is 150 Å². The van der Waals surface area contributed by atoms with Crippen LogP contribution in [-0.2, 0) is 22.7 Å². The zero-order chi connectivity index (χ0) is 18.3. The van der Waals surface area contributed by atoms with E-state index < -0.39 is 11.9 Å². The molecule has 1 unspecified atom stereocenters. The maximum absolute atomic E-state index is 12.8. The SMILES string of the molecule is O=C1CCC(N2Cc3ccc(CNC4(CO)CNC4)cc3C2=O)C(=O)N1. The van der Waals surface area contributed by atoms with Crippen molar-refractivity contribution in [3.63, 3.8) is 0 Å². The first kappa shape index (κ1) is 17.1. The Kier molecular flexibility index (Phi) is 4.26. The van der Waals surface area contributed by atoms with E-state index in [1.807, 2.05) is 18.2 Å². The fraction of sp³-hybridized carbons (Fsp3) is 0.500. The third-order valence-corrected chi connectivity index (χ3v) is 5.49. The fourth-order valence-electron chi connectivity index (χ4n) is 3.72. The van der Waals surface area contributed by atoms with Crippen molar-refractivity contribution in [2.45, 2.75) is 37.5 Å². The number of hydrogen-bond acceptors (Lipinski definition) is 6. The quantitative estimate of drug-likeness (QED) is 0.496. The first-order valence-electron chi connectivity index (χ1n) is 8.84. The van der Waals surface area contributed by atoms with E-state index in [0.717, 1.165) is 24.2 Å². The molecule has 3 amide bonds. The molecule has 0 spiro atoms. The van der Waals surface area contributed by atoms with Gasteiger partial charge in [-0.05, 0) is 23.6 Å². The summed E-state index contributed by atoms with van der Waals surface area (Å²) in [5, 5.41) is 18.3. The van der Waals surface area contributed by atoms with E-state index in [1.54, 1.807) is 4.90 Å². The summed E-state index contributed by atoms with van der Waals surface area (Å²) in [4.78, 5) is 37.7. The van der Waals surface area contributed by atoms with E-state index in [-0.39, 0.29) is 30.4 Å². The molecule has 3 aliphatic heterocycles. The largest absolute Gasteiger partial charge is 0.394 e. The van der Waals surface area contributed by atoms with Crippen LogP contribution < -0.4 is 16.0 Å². The van der Waals surface area contributed by atoms with Gasteiger partial charge in [-0.1, -0.05) is 12.1 Å². The number of nitrogens with one attached hydrogen (secondary N) is 3. The van der Waals surface area contributed by atoms with Gasteiger partial charge in [0.15, 0.2) is 0 Å². The zero-order valence-electron chi connectivity index (χ0n) is 14.4. The zero-order valence-corrected chi connectivity index (χ0v) is 14.4.